The number of hydrogen-bond donors (Lipinski definition) is 1. The molecule has 2 aromatic heterocycles. The summed E-state index contributed by atoms with van der Waals surface area (Å²) in [7, 11) is 0. The number of pyridine rings is 1. The maximum Gasteiger partial charge on any atom is 0.246 e. The fraction of sp³-hybridized carbons (Fsp3) is 0.0800. The van der Waals surface area contributed by atoms with E-state index in [1.807, 2.05) is 79.0 Å². The van der Waals surface area contributed by atoms with Gasteiger partial charge in [0.1, 0.15) is 12.2 Å². The Balaban J connectivity index is 1.66. The highest BCUT2D eigenvalue weighted by atomic mass is 16.2. The number of hydrogen-bond acceptors (Lipinski definition) is 3. The monoisotopic (exact) mass is 392 g/mol. The first-order valence-corrected chi connectivity index (χ1v) is 9.85. The molecule has 5 heteroatoms. The van der Waals surface area contributed by atoms with E-state index in [9.17, 15) is 4.79 Å². The molecule has 2 heterocycles. The lowest BCUT2D eigenvalue weighted by Gasteiger charge is -2.08. The average Bonchev–Trinajstić information content (AvgIpc) is 3.13. The normalized spacial score (nSPS) is 11.1. The molecule has 0 aliphatic carbocycles. The average molecular weight is 392 g/mol. The molecule has 0 spiro atoms. The van der Waals surface area contributed by atoms with Crippen LogP contribution in [0.4, 0.5) is 5.69 Å². The first-order valence-electron chi connectivity index (χ1n) is 9.85. The van der Waals surface area contributed by atoms with E-state index in [0.29, 0.717) is 0 Å². The first kappa shape index (κ1) is 18.1. The minimum atomic E-state index is -0.122. The van der Waals surface area contributed by atoms with Crippen LogP contribution in [-0.4, -0.2) is 20.7 Å². The van der Waals surface area contributed by atoms with Gasteiger partial charge >= 0.3 is 0 Å². The molecular weight excluding hydrogens is 372 g/mol. The van der Waals surface area contributed by atoms with Crippen LogP contribution in [-0.2, 0) is 11.3 Å². The van der Waals surface area contributed by atoms with Gasteiger partial charge in [-0.1, -0.05) is 60.2 Å². The molecule has 5 rings (SSSR count). The van der Waals surface area contributed by atoms with Crippen molar-refractivity contribution in [2.24, 2.45) is 0 Å². The van der Waals surface area contributed by atoms with Gasteiger partial charge in [0, 0.05) is 28.2 Å². The van der Waals surface area contributed by atoms with Crippen LogP contribution in [0.2, 0.25) is 0 Å². The molecular formula is C25H20N4O. The highest BCUT2D eigenvalue weighted by Crippen LogP contribution is 2.32. The van der Waals surface area contributed by atoms with Crippen molar-refractivity contribution < 1.29 is 4.79 Å². The number of nitrogens with zero attached hydrogens (tertiary/aromatic N) is 3. The van der Waals surface area contributed by atoms with E-state index in [-0.39, 0.29) is 12.5 Å². The van der Waals surface area contributed by atoms with Gasteiger partial charge in [-0.2, -0.15) is 5.10 Å². The molecule has 0 aliphatic rings. The van der Waals surface area contributed by atoms with Crippen LogP contribution in [0.3, 0.4) is 0 Å². The van der Waals surface area contributed by atoms with Crippen molar-refractivity contribution in [2.45, 2.75) is 13.5 Å². The third-order valence-corrected chi connectivity index (χ3v) is 5.13. The molecule has 1 N–H and O–H groups in total. The van der Waals surface area contributed by atoms with Gasteiger partial charge < -0.3 is 5.32 Å². The van der Waals surface area contributed by atoms with Crippen molar-refractivity contribution in [3.8, 4) is 11.3 Å². The molecule has 0 fully saturated rings. The molecule has 146 valence electrons. The van der Waals surface area contributed by atoms with Crippen LogP contribution in [0, 0.1) is 6.92 Å². The number of aromatic nitrogens is 3. The maximum atomic E-state index is 12.8. The maximum absolute atomic E-state index is 12.8. The minimum Gasteiger partial charge on any atom is -0.324 e. The van der Waals surface area contributed by atoms with E-state index in [2.05, 4.69) is 23.3 Å². The quantitative estimate of drug-likeness (QED) is 0.457. The van der Waals surface area contributed by atoms with Crippen molar-refractivity contribution in [2.75, 3.05) is 5.32 Å². The summed E-state index contributed by atoms with van der Waals surface area (Å²) in [6.45, 7) is 2.17. The van der Waals surface area contributed by atoms with Crippen LogP contribution in [0.1, 0.15) is 5.56 Å². The Kier molecular flexibility index (Phi) is 4.48. The number of carbonyl (C=O) groups is 1. The number of carbonyl (C=O) groups excluding carboxylic acids is 1. The number of fused-ring (bicyclic) bond motifs is 3. The summed E-state index contributed by atoms with van der Waals surface area (Å²) in [5.74, 6) is -0.122. The van der Waals surface area contributed by atoms with Gasteiger partial charge in [0.2, 0.25) is 5.91 Å². The number of nitrogens with one attached hydrogen (secondary N) is 1. The molecule has 0 aliphatic heterocycles. The molecule has 3 aromatic carbocycles. The molecule has 30 heavy (non-hydrogen) atoms. The van der Waals surface area contributed by atoms with Crippen LogP contribution < -0.4 is 5.32 Å². The smallest absolute Gasteiger partial charge is 0.246 e. The summed E-state index contributed by atoms with van der Waals surface area (Å²) >= 11 is 0. The molecule has 0 saturated carbocycles. The summed E-state index contributed by atoms with van der Waals surface area (Å²) in [4.78, 5) is 17.4. The van der Waals surface area contributed by atoms with Crippen LogP contribution >= 0.6 is 0 Å². The molecule has 0 unspecified atom stereocenters. The van der Waals surface area contributed by atoms with Crippen molar-refractivity contribution in [1.82, 2.24) is 14.8 Å². The third-order valence-electron chi connectivity index (χ3n) is 5.13. The number of benzene rings is 3. The van der Waals surface area contributed by atoms with Crippen LogP contribution in [0.15, 0.2) is 85.1 Å². The van der Waals surface area contributed by atoms with E-state index < -0.39 is 0 Å². The molecule has 1 amide bonds. The summed E-state index contributed by atoms with van der Waals surface area (Å²) in [6.07, 6.45) is 1.86. The van der Waals surface area contributed by atoms with Crippen molar-refractivity contribution in [1.29, 1.82) is 0 Å². The number of anilines is 1. The van der Waals surface area contributed by atoms with E-state index in [0.717, 1.165) is 44.3 Å². The van der Waals surface area contributed by atoms with E-state index in [1.165, 1.54) is 0 Å². The van der Waals surface area contributed by atoms with Crippen molar-refractivity contribution in [3.05, 3.63) is 90.6 Å². The first-order chi connectivity index (χ1) is 14.7. The number of rotatable bonds is 4. The minimum absolute atomic E-state index is 0.116. The van der Waals surface area contributed by atoms with E-state index >= 15 is 0 Å². The van der Waals surface area contributed by atoms with E-state index in [1.54, 1.807) is 4.68 Å². The Morgan fingerprint density at radius 2 is 1.67 bits per heavy atom. The lowest BCUT2D eigenvalue weighted by atomic mass is 10.1. The lowest BCUT2D eigenvalue weighted by molar-refractivity contribution is -0.116. The second-order valence-electron chi connectivity index (χ2n) is 7.33. The van der Waals surface area contributed by atoms with Gasteiger partial charge in [0.05, 0.1) is 11.0 Å². The SMILES string of the molecule is Cc1ccc2ncc3c(-c4ccccc4)nn(CC(=O)Nc4ccccc4)c3c2c1. The Morgan fingerprint density at radius 1 is 0.933 bits per heavy atom. The topological polar surface area (TPSA) is 59.8 Å². The van der Waals surface area contributed by atoms with Crippen LogP contribution in [0.25, 0.3) is 33.1 Å². The number of aryl methyl sites for hydroxylation is 1. The molecule has 0 bridgehead atoms. The van der Waals surface area contributed by atoms with Crippen LogP contribution in [0.5, 0.6) is 0 Å². The Labute approximate surface area is 174 Å². The van der Waals surface area contributed by atoms with E-state index in [4.69, 9.17) is 5.10 Å². The fourth-order valence-electron chi connectivity index (χ4n) is 3.75. The Morgan fingerprint density at radius 3 is 2.43 bits per heavy atom. The van der Waals surface area contributed by atoms with Gasteiger partial charge in [-0.3, -0.25) is 14.5 Å². The predicted octanol–water partition coefficient (Wildman–Crippen LogP) is 5.20. The summed E-state index contributed by atoms with van der Waals surface area (Å²) in [6, 6.07) is 25.6. The zero-order valence-electron chi connectivity index (χ0n) is 16.5. The standard InChI is InChI=1S/C25H20N4O/c1-17-12-13-22-20(14-17)25-21(15-26-22)24(18-8-4-2-5-9-18)28-29(25)16-23(30)27-19-10-6-3-7-11-19/h2-15H,16H2,1H3,(H,27,30). The van der Waals surface area contributed by atoms with Gasteiger partial charge in [-0.15, -0.1) is 0 Å². The van der Waals surface area contributed by atoms with Gasteiger partial charge in [0.25, 0.3) is 0 Å². The molecule has 5 aromatic rings. The second-order valence-corrected chi connectivity index (χ2v) is 7.33. The Hall–Kier alpha value is -3.99. The van der Waals surface area contributed by atoms with Gasteiger partial charge in [-0.05, 0) is 31.2 Å². The fourth-order valence-corrected chi connectivity index (χ4v) is 3.75. The second kappa shape index (κ2) is 7.44. The number of amides is 1. The summed E-state index contributed by atoms with van der Waals surface area (Å²) in [5.41, 5.74) is 5.54. The molecule has 0 radical (unpaired) electrons. The number of para-hydroxylation sites is 1. The summed E-state index contributed by atoms with van der Waals surface area (Å²) in [5, 5.41) is 9.72. The highest BCUT2D eigenvalue weighted by Gasteiger charge is 2.17. The largest absolute Gasteiger partial charge is 0.324 e. The predicted molar refractivity (Wildman–Crippen MR) is 120 cm³/mol. The van der Waals surface area contributed by atoms with Gasteiger partial charge in [-0.25, -0.2) is 0 Å². The third kappa shape index (κ3) is 3.31. The lowest BCUT2D eigenvalue weighted by Crippen LogP contribution is -2.19. The zero-order valence-corrected chi connectivity index (χ0v) is 16.5. The van der Waals surface area contributed by atoms with Crippen molar-refractivity contribution in [3.63, 3.8) is 0 Å². The Bertz CT molecular complexity index is 1360. The molecule has 0 saturated heterocycles. The van der Waals surface area contributed by atoms with Gasteiger partial charge in [0.15, 0.2) is 0 Å². The molecule has 5 nitrogen and oxygen atoms in total. The highest BCUT2D eigenvalue weighted by molar-refractivity contribution is 6.08. The molecule has 0 atom stereocenters. The summed E-state index contributed by atoms with van der Waals surface area (Å²) < 4.78 is 1.79. The van der Waals surface area contributed by atoms with Crippen molar-refractivity contribution >= 4 is 33.4 Å². The zero-order chi connectivity index (χ0) is 20.5.